The molecule has 0 saturated heterocycles. The molecule has 0 bridgehead atoms. The van der Waals surface area contributed by atoms with Crippen molar-refractivity contribution in [2.45, 2.75) is 20.4 Å². The molecule has 0 atom stereocenters. The second kappa shape index (κ2) is 4.73. The van der Waals surface area contributed by atoms with Crippen molar-refractivity contribution >= 4 is 11.7 Å². The average molecular weight is 231 g/mol. The summed E-state index contributed by atoms with van der Waals surface area (Å²) < 4.78 is 1.53. The number of nitrogens with zero attached hydrogens (tertiary/aromatic N) is 4. The molecule has 0 aliphatic heterocycles. The second-order valence-corrected chi connectivity index (χ2v) is 3.80. The van der Waals surface area contributed by atoms with E-state index >= 15 is 0 Å². The van der Waals surface area contributed by atoms with E-state index in [2.05, 4.69) is 20.6 Å². The monoisotopic (exact) mass is 231 g/mol. The molecule has 0 spiro atoms. The van der Waals surface area contributed by atoms with E-state index in [9.17, 15) is 4.79 Å². The molecule has 0 radical (unpaired) electrons. The van der Waals surface area contributed by atoms with Gasteiger partial charge < -0.3 is 5.32 Å². The zero-order valence-electron chi connectivity index (χ0n) is 9.71. The molecule has 0 aliphatic rings. The lowest BCUT2D eigenvalue weighted by atomic mass is 10.3. The number of hydrogen-bond donors (Lipinski definition) is 1. The van der Waals surface area contributed by atoms with E-state index < -0.39 is 0 Å². The maximum Gasteiger partial charge on any atom is 0.247 e. The Morgan fingerprint density at radius 1 is 1.47 bits per heavy atom. The van der Waals surface area contributed by atoms with Crippen LogP contribution in [0.4, 0.5) is 5.82 Å². The molecule has 0 aromatic carbocycles. The smallest absolute Gasteiger partial charge is 0.247 e. The van der Waals surface area contributed by atoms with Crippen LogP contribution >= 0.6 is 0 Å². The van der Waals surface area contributed by atoms with E-state index in [1.807, 2.05) is 26.0 Å². The number of carbonyl (C=O) groups is 1. The van der Waals surface area contributed by atoms with E-state index in [0.29, 0.717) is 5.82 Å². The Morgan fingerprint density at radius 2 is 2.29 bits per heavy atom. The summed E-state index contributed by atoms with van der Waals surface area (Å²) in [5.74, 6) is 0.379. The summed E-state index contributed by atoms with van der Waals surface area (Å²) in [6.07, 6.45) is 3.27. The fourth-order valence-corrected chi connectivity index (χ4v) is 1.39. The molecule has 6 heteroatoms. The highest BCUT2D eigenvalue weighted by atomic mass is 16.2. The highest BCUT2D eigenvalue weighted by Crippen LogP contribution is 2.05. The highest BCUT2D eigenvalue weighted by molar-refractivity contribution is 5.89. The molecular weight excluding hydrogens is 218 g/mol. The van der Waals surface area contributed by atoms with Gasteiger partial charge in [0.05, 0.1) is 11.9 Å². The summed E-state index contributed by atoms with van der Waals surface area (Å²) >= 11 is 0. The van der Waals surface area contributed by atoms with E-state index in [-0.39, 0.29) is 12.5 Å². The molecular formula is C11H13N5O. The van der Waals surface area contributed by atoms with Gasteiger partial charge in [-0.1, -0.05) is 5.21 Å². The summed E-state index contributed by atoms with van der Waals surface area (Å²) in [6, 6.07) is 3.68. The molecule has 17 heavy (non-hydrogen) atoms. The van der Waals surface area contributed by atoms with Crippen LogP contribution in [0.2, 0.25) is 0 Å². The minimum Gasteiger partial charge on any atom is -0.309 e. The largest absolute Gasteiger partial charge is 0.309 e. The van der Waals surface area contributed by atoms with E-state index in [4.69, 9.17) is 0 Å². The van der Waals surface area contributed by atoms with Crippen LogP contribution in [0, 0.1) is 13.8 Å². The molecule has 1 N–H and O–H groups in total. The number of amides is 1. The molecule has 2 aromatic heterocycles. The SMILES string of the molecule is Cc1ccnc(NC(=O)Cn2nncc2C)c1. The van der Waals surface area contributed by atoms with Gasteiger partial charge in [0.25, 0.3) is 0 Å². The Labute approximate surface area is 98.7 Å². The minimum atomic E-state index is -0.170. The summed E-state index contributed by atoms with van der Waals surface area (Å²) in [4.78, 5) is 15.8. The number of aromatic nitrogens is 4. The molecule has 88 valence electrons. The first kappa shape index (κ1) is 11.3. The van der Waals surface area contributed by atoms with Crippen molar-refractivity contribution in [2.75, 3.05) is 5.32 Å². The van der Waals surface area contributed by atoms with Crippen LogP contribution in [0.5, 0.6) is 0 Å². The molecule has 0 saturated carbocycles. The Balaban J connectivity index is 2.01. The Kier molecular flexibility index (Phi) is 3.13. The third-order valence-corrected chi connectivity index (χ3v) is 2.29. The lowest BCUT2D eigenvalue weighted by Crippen LogP contribution is -2.20. The predicted octanol–water partition coefficient (Wildman–Crippen LogP) is 0.929. The van der Waals surface area contributed by atoms with Crippen molar-refractivity contribution in [3.8, 4) is 0 Å². The number of hydrogen-bond acceptors (Lipinski definition) is 4. The normalized spacial score (nSPS) is 10.2. The quantitative estimate of drug-likeness (QED) is 0.852. The molecule has 2 rings (SSSR count). The van der Waals surface area contributed by atoms with Gasteiger partial charge >= 0.3 is 0 Å². The van der Waals surface area contributed by atoms with Crippen LogP contribution in [0.25, 0.3) is 0 Å². The Bertz CT molecular complexity index is 534. The van der Waals surface area contributed by atoms with E-state index in [1.54, 1.807) is 12.4 Å². The third-order valence-electron chi connectivity index (χ3n) is 2.29. The first-order valence-corrected chi connectivity index (χ1v) is 5.23. The fraction of sp³-hybridized carbons (Fsp3) is 0.273. The summed E-state index contributed by atoms with van der Waals surface area (Å²) in [5, 5.41) is 10.2. The van der Waals surface area contributed by atoms with Gasteiger partial charge in [-0.15, -0.1) is 5.10 Å². The van der Waals surface area contributed by atoms with Gasteiger partial charge in [-0.05, 0) is 31.5 Å². The number of aryl methyl sites for hydroxylation is 2. The van der Waals surface area contributed by atoms with Crippen molar-refractivity contribution in [1.82, 2.24) is 20.0 Å². The van der Waals surface area contributed by atoms with Gasteiger partial charge in [0, 0.05) is 6.20 Å². The number of carbonyl (C=O) groups excluding carboxylic acids is 1. The lowest BCUT2D eigenvalue weighted by molar-refractivity contribution is -0.117. The number of anilines is 1. The van der Waals surface area contributed by atoms with Crippen LogP contribution in [0.1, 0.15) is 11.3 Å². The molecule has 2 heterocycles. The average Bonchev–Trinajstić information content (AvgIpc) is 2.64. The van der Waals surface area contributed by atoms with Gasteiger partial charge in [0.1, 0.15) is 12.4 Å². The van der Waals surface area contributed by atoms with E-state index in [0.717, 1.165) is 11.3 Å². The molecule has 6 nitrogen and oxygen atoms in total. The number of rotatable bonds is 3. The highest BCUT2D eigenvalue weighted by Gasteiger charge is 2.07. The zero-order valence-corrected chi connectivity index (χ0v) is 9.71. The van der Waals surface area contributed by atoms with Crippen LogP contribution in [0.15, 0.2) is 24.5 Å². The number of nitrogens with one attached hydrogen (secondary N) is 1. The summed E-state index contributed by atoms with van der Waals surface area (Å²) in [5.41, 5.74) is 1.89. The minimum absolute atomic E-state index is 0.140. The van der Waals surface area contributed by atoms with Gasteiger partial charge in [-0.2, -0.15) is 0 Å². The second-order valence-electron chi connectivity index (χ2n) is 3.80. The first-order valence-electron chi connectivity index (χ1n) is 5.23. The maximum absolute atomic E-state index is 11.7. The standard InChI is InChI=1S/C11H13N5O/c1-8-3-4-12-10(5-8)14-11(17)7-16-9(2)6-13-15-16/h3-6H,7H2,1-2H3,(H,12,14,17). The topological polar surface area (TPSA) is 72.7 Å². The van der Waals surface area contributed by atoms with Crippen LogP contribution in [-0.2, 0) is 11.3 Å². The maximum atomic E-state index is 11.7. The van der Waals surface area contributed by atoms with Gasteiger partial charge in [-0.3, -0.25) is 4.79 Å². The molecule has 1 amide bonds. The van der Waals surface area contributed by atoms with Crippen LogP contribution in [0.3, 0.4) is 0 Å². The van der Waals surface area contributed by atoms with Gasteiger partial charge in [-0.25, -0.2) is 9.67 Å². The van der Waals surface area contributed by atoms with Crippen molar-refractivity contribution in [3.05, 3.63) is 35.8 Å². The first-order chi connectivity index (χ1) is 8.15. The van der Waals surface area contributed by atoms with E-state index in [1.165, 1.54) is 4.68 Å². The van der Waals surface area contributed by atoms with Crippen LogP contribution < -0.4 is 5.32 Å². The Morgan fingerprint density at radius 3 is 2.94 bits per heavy atom. The van der Waals surface area contributed by atoms with Crippen molar-refractivity contribution < 1.29 is 4.79 Å². The Hall–Kier alpha value is -2.24. The van der Waals surface area contributed by atoms with Gasteiger partial charge in [0.15, 0.2) is 0 Å². The van der Waals surface area contributed by atoms with Crippen LogP contribution in [-0.4, -0.2) is 25.9 Å². The summed E-state index contributed by atoms with van der Waals surface area (Å²) in [7, 11) is 0. The number of pyridine rings is 1. The van der Waals surface area contributed by atoms with Crippen molar-refractivity contribution in [1.29, 1.82) is 0 Å². The molecule has 2 aromatic rings. The fourth-order valence-electron chi connectivity index (χ4n) is 1.39. The molecule has 0 fully saturated rings. The summed E-state index contributed by atoms with van der Waals surface area (Å²) in [6.45, 7) is 3.93. The zero-order chi connectivity index (χ0) is 12.3. The molecule has 0 unspecified atom stereocenters. The third kappa shape index (κ3) is 2.87. The van der Waals surface area contributed by atoms with Gasteiger partial charge in [0.2, 0.25) is 5.91 Å². The predicted molar refractivity (Wildman–Crippen MR) is 62.4 cm³/mol. The van der Waals surface area contributed by atoms with Crippen molar-refractivity contribution in [2.24, 2.45) is 0 Å². The lowest BCUT2D eigenvalue weighted by Gasteiger charge is -2.05. The van der Waals surface area contributed by atoms with Crippen molar-refractivity contribution in [3.63, 3.8) is 0 Å². The molecule has 0 aliphatic carbocycles.